The van der Waals surface area contributed by atoms with Crippen LogP contribution in [-0.4, -0.2) is 48.7 Å². The molecule has 1 aliphatic heterocycles. The van der Waals surface area contributed by atoms with E-state index in [-0.39, 0.29) is 12.0 Å². The first-order valence-electron chi connectivity index (χ1n) is 7.78. The lowest BCUT2D eigenvalue weighted by molar-refractivity contribution is 0.00355. The maximum Gasteiger partial charge on any atom is 0.254 e. The topological polar surface area (TPSA) is 88.2 Å². The van der Waals surface area contributed by atoms with Crippen molar-refractivity contribution in [2.45, 2.75) is 12.5 Å². The predicted octanol–water partition coefficient (Wildman–Crippen LogP) is 0.697. The van der Waals surface area contributed by atoms with Crippen LogP contribution in [0.15, 0.2) is 36.3 Å². The molecule has 2 atom stereocenters. The van der Waals surface area contributed by atoms with E-state index in [0.29, 0.717) is 17.4 Å². The number of morpholine rings is 1. The molecule has 23 heavy (non-hydrogen) atoms. The van der Waals surface area contributed by atoms with E-state index in [1.807, 2.05) is 6.08 Å². The molecule has 1 unspecified atom stereocenters. The lowest BCUT2D eigenvalue weighted by Crippen LogP contribution is -2.42. The summed E-state index contributed by atoms with van der Waals surface area (Å²) in [5, 5.41) is 9.05. The lowest BCUT2D eigenvalue weighted by Gasteiger charge is -2.30. The molecule has 7 heteroatoms. The van der Waals surface area contributed by atoms with Crippen LogP contribution in [0.5, 0.6) is 0 Å². The van der Waals surface area contributed by atoms with Crippen LogP contribution in [0.2, 0.25) is 0 Å². The monoisotopic (exact) mass is 315 g/mol. The highest BCUT2D eigenvalue weighted by Gasteiger charge is 2.23. The first-order chi connectivity index (χ1) is 11.3. The quantitative estimate of drug-likeness (QED) is 0.758. The number of carbonyl (C=O) groups is 1. The molecule has 0 spiro atoms. The fourth-order valence-corrected chi connectivity index (χ4v) is 2.65. The number of carbonyl (C=O) groups excluding carboxylic acids is 1. The molecular weight excluding hydrogens is 294 g/mol. The summed E-state index contributed by atoms with van der Waals surface area (Å²) in [6.07, 6.45) is 10.5. The normalized spacial score (nSPS) is 24.0. The van der Waals surface area contributed by atoms with Crippen molar-refractivity contribution in [2.24, 2.45) is 5.92 Å². The van der Waals surface area contributed by atoms with Crippen LogP contribution < -0.4 is 16.0 Å². The Morgan fingerprint density at radius 3 is 2.83 bits per heavy atom. The Labute approximate surface area is 135 Å². The van der Waals surface area contributed by atoms with Crippen molar-refractivity contribution in [1.29, 1.82) is 0 Å². The minimum atomic E-state index is -0.197. The number of nitrogens with zero attached hydrogens (tertiary/aromatic N) is 2. The number of ether oxygens (including phenoxy) is 1. The smallest absolute Gasteiger partial charge is 0.254 e. The molecule has 0 saturated carbocycles. The van der Waals surface area contributed by atoms with Crippen LogP contribution in [-0.2, 0) is 4.74 Å². The second kappa shape index (κ2) is 7.34. The average Bonchev–Trinajstić information content (AvgIpc) is 2.63. The highest BCUT2D eigenvalue weighted by Crippen LogP contribution is 2.22. The Bertz CT molecular complexity index is 605. The summed E-state index contributed by atoms with van der Waals surface area (Å²) in [4.78, 5) is 19.8. The van der Waals surface area contributed by atoms with Gasteiger partial charge in [0.1, 0.15) is 0 Å². The van der Waals surface area contributed by atoms with Crippen LogP contribution in [0, 0.1) is 5.92 Å². The maximum absolute atomic E-state index is 11.5. The van der Waals surface area contributed by atoms with E-state index in [0.717, 1.165) is 31.8 Å². The fourth-order valence-electron chi connectivity index (χ4n) is 2.65. The molecule has 1 aromatic heterocycles. The highest BCUT2D eigenvalue weighted by atomic mass is 16.5. The summed E-state index contributed by atoms with van der Waals surface area (Å²) in [6.45, 7) is 2.60. The molecule has 3 rings (SSSR count). The molecule has 1 fully saturated rings. The van der Waals surface area contributed by atoms with E-state index in [9.17, 15) is 4.79 Å². The Hall–Kier alpha value is -2.25. The SMILES string of the molecule is CNC(=O)c1cnc(NC2=CCC([C@H]3CNCCO3)C=C2)nc1. The zero-order valence-electron chi connectivity index (χ0n) is 13.1. The number of anilines is 1. The number of amides is 1. The predicted molar refractivity (Wildman–Crippen MR) is 87.0 cm³/mol. The highest BCUT2D eigenvalue weighted by molar-refractivity contribution is 5.93. The van der Waals surface area contributed by atoms with Crippen LogP contribution in [0.25, 0.3) is 0 Å². The van der Waals surface area contributed by atoms with Crippen molar-refractivity contribution in [3.63, 3.8) is 0 Å². The Balaban J connectivity index is 1.56. The minimum Gasteiger partial charge on any atom is -0.375 e. The molecule has 0 radical (unpaired) electrons. The van der Waals surface area contributed by atoms with Crippen molar-refractivity contribution in [2.75, 3.05) is 32.1 Å². The van der Waals surface area contributed by atoms with Gasteiger partial charge in [-0.1, -0.05) is 12.2 Å². The molecule has 0 bridgehead atoms. The van der Waals surface area contributed by atoms with Gasteiger partial charge < -0.3 is 20.7 Å². The average molecular weight is 315 g/mol. The number of rotatable bonds is 4. The number of nitrogens with one attached hydrogen (secondary N) is 3. The zero-order valence-corrected chi connectivity index (χ0v) is 13.1. The van der Waals surface area contributed by atoms with Crippen molar-refractivity contribution in [3.8, 4) is 0 Å². The van der Waals surface area contributed by atoms with E-state index < -0.39 is 0 Å². The zero-order chi connectivity index (χ0) is 16.1. The largest absolute Gasteiger partial charge is 0.375 e. The summed E-state index contributed by atoms with van der Waals surface area (Å²) in [5.41, 5.74) is 1.39. The van der Waals surface area contributed by atoms with Gasteiger partial charge in [-0.15, -0.1) is 0 Å². The van der Waals surface area contributed by atoms with Gasteiger partial charge in [0, 0.05) is 44.1 Å². The van der Waals surface area contributed by atoms with E-state index in [1.54, 1.807) is 7.05 Å². The van der Waals surface area contributed by atoms with Gasteiger partial charge in [0.25, 0.3) is 5.91 Å². The Morgan fingerprint density at radius 1 is 1.39 bits per heavy atom. The third-order valence-corrected chi connectivity index (χ3v) is 3.96. The van der Waals surface area contributed by atoms with Gasteiger partial charge in [-0.3, -0.25) is 4.79 Å². The summed E-state index contributed by atoms with van der Waals surface area (Å²) in [6, 6.07) is 0. The van der Waals surface area contributed by atoms with E-state index >= 15 is 0 Å². The van der Waals surface area contributed by atoms with Crippen LogP contribution in [0.3, 0.4) is 0 Å². The number of allylic oxidation sites excluding steroid dienone is 2. The molecule has 7 nitrogen and oxygen atoms in total. The number of hydrogen-bond donors (Lipinski definition) is 3. The Kier molecular flexibility index (Phi) is 4.99. The molecule has 2 heterocycles. The standard InChI is InChI=1S/C16H21N5O2/c1-17-15(22)12-8-19-16(20-9-12)21-13-4-2-11(3-5-13)14-10-18-6-7-23-14/h2,4-5,8-9,11,14,18H,3,6-7,10H2,1H3,(H,17,22)(H,19,20,21)/t11?,14-/m1/s1. The number of hydrogen-bond acceptors (Lipinski definition) is 6. The van der Waals surface area contributed by atoms with Crippen molar-refractivity contribution >= 4 is 11.9 Å². The first kappa shape index (κ1) is 15.6. The van der Waals surface area contributed by atoms with Gasteiger partial charge in [0.15, 0.2) is 0 Å². The molecular formula is C16H21N5O2. The van der Waals surface area contributed by atoms with E-state index in [4.69, 9.17) is 4.74 Å². The molecule has 0 aromatic carbocycles. The molecule has 122 valence electrons. The summed E-state index contributed by atoms with van der Waals surface area (Å²) < 4.78 is 5.79. The van der Waals surface area contributed by atoms with Crippen molar-refractivity contribution in [3.05, 3.63) is 41.9 Å². The van der Waals surface area contributed by atoms with Gasteiger partial charge in [0.05, 0.1) is 18.3 Å². The van der Waals surface area contributed by atoms with Gasteiger partial charge in [-0.2, -0.15) is 0 Å². The van der Waals surface area contributed by atoms with Crippen LogP contribution >= 0.6 is 0 Å². The third-order valence-electron chi connectivity index (χ3n) is 3.96. The molecule has 3 N–H and O–H groups in total. The lowest BCUT2D eigenvalue weighted by atomic mass is 9.93. The van der Waals surface area contributed by atoms with Crippen molar-refractivity contribution in [1.82, 2.24) is 20.6 Å². The Morgan fingerprint density at radius 2 is 2.22 bits per heavy atom. The summed E-state index contributed by atoms with van der Waals surface area (Å²) in [7, 11) is 1.58. The van der Waals surface area contributed by atoms with E-state index in [1.165, 1.54) is 12.4 Å². The molecule has 1 saturated heterocycles. The van der Waals surface area contributed by atoms with Crippen LogP contribution in [0.4, 0.5) is 5.95 Å². The fraction of sp³-hybridized carbons (Fsp3) is 0.438. The molecule has 1 aromatic rings. The second-order valence-corrected chi connectivity index (χ2v) is 5.53. The van der Waals surface area contributed by atoms with Crippen molar-refractivity contribution < 1.29 is 9.53 Å². The van der Waals surface area contributed by atoms with Gasteiger partial charge in [-0.25, -0.2) is 9.97 Å². The van der Waals surface area contributed by atoms with Crippen LogP contribution in [0.1, 0.15) is 16.8 Å². The maximum atomic E-state index is 11.5. The summed E-state index contributed by atoms with van der Waals surface area (Å²) >= 11 is 0. The molecule has 1 aliphatic carbocycles. The second-order valence-electron chi connectivity index (χ2n) is 5.53. The summed E-state index contributed by atoms with van der Waals surface area (Å²) in [5.74, 6) is 0.671. The molecule has 2 aliphatic rings. The van der Waals surface area contributed by atoms with Gasteiger partial charge in [-0.05, 0) is 12.5 Å². The van der Waals surface area contributed by atoms with Gasteiger partial charge >= 0.3 is 0 Å². The number of aromatic nitrogens is 2. The third kappa shape index (κ3) is 3.94. The van der Waals surface area contributed by atoms with E-state index in [2.05, 4.69) is 38.1 Å². The first-order valence-corrected chi connectivity index (χ1v) is 7.78. The minimum absolute atomic E-state index is 0.197. The van der Waals surface area contributed by atoms with Gasteiger partial charge in [0.2, 0.25) is 5.95 Å². The molecule has 1 amide bonds.